The van der Waals surface area contributed by atoms with Gasteiger partial charge in [0.1, 0.15) is 0 Å². The number of aryl methyl sites for hydroxylation is 1. The maximum atomic E-state index is 12.4. The Morgan fingerprint density at radius 3 is 2.55 bits per heavy atom. The Morgan fingerprint density at radius 2 is 1.95 bits per heavy atom. The van der Waals surface area contributed by atoms with Crippen LogP contribution in [0.5, 0.6) is 0 Å². The average Bonchev–Trinajstić information content (AvgIpc) is 2.36. The number of nitrogens with zero attached hydrogens (tertiary/aromatic N) is 1. The van der Waals surface area contributed by atoms with Gasteiger partial charge in [-0.05, 0) is 43.7 Å². The van der Waals surface area contributed by atoms with Crippen LogP contribution in [0.2, 0.25) is 0 Å². The Balaban J connectivity index is 2.43. The van der Waals surface area contributed by atoms with Crippen LogP contribution in [-0.4, -0.2) is 13.4 Å². The van der Waals surface area contributed by atoms with Crippen LogP contribution >= 0.6 is 15.9 Å². The molecule has 0 bridgehead atoms. The molecule has 1 heterocycles. The number of aromatic nitrogens is 1. The number of hydrogen-bond acceptors (Lipinski definition) is 4. The zero-order valence-electron chi connectivity index (χ0n) is 11.0. The summed E-state index contributed by atoms with van der Waals surface area (Å²) in [5.74, 6) is 0. The SMILES string of the molecule is Cc1ccc(NS(=O)(=O)c2cc(Br)cc(N)c2C)cn1. The third kappa shape index (κ3) is 3.10. The largest absolute Gasteiger partial charge is 0.398 e. The number of rotatable bonds is 3. The van der Waals surface area contributed by atoms with Gasteiger partial charge in [-0.2, -0.15) is 0 Å². The van der Waals surface area contributed by atoms with E-state index in [-0.39, 0.29) is 4.90 Å². The molecule has 20 heavy (non-hydrogen) atoms. The van der Waals surface area contributed by atoms with E-state index in [0.717, 1.165) is 5.69 Å². The molecule has 3 N–H and O–H groups in total. The highest BCUT2D eigenvalue weighted by molar-refractivity contribution is 9.10. The summed E-state index contributed by atoms with van der Waals surface area (Å²) in [5.41, 5.74) is 7.96. The maximum Gasteiger partial charge on any atom is 0.262 e. The molecule has 0 atom stereocenters. The van der Waals surface area contributed by atoms with Gasteiger partial charge in [0.2, 0.25) is 0 Å². The summed E-state index contributed by atoms with van der Waals surface area (Å²) >= 11 is 3.25. The van der Waals surface area contributed by atoms with Crippen LogP contribution in [0.15, 0.2) is 39.8 Å². The van der Waals surface area contributed by atoms with Crippen molar-refractivity contribution in [3.63, 3.8) is 0 Å². The number of nitrogen functional groups attached to an aromatic ring is 1. The van der Waals surface area contributed by atoms with Crippen LogP contribution in [0.1, 0.15) is 11.3 Å². The Kier molecular flexibility index (Phi) is 4.01. The van der Waals surface area contributed by atoms with Crippen molar-refractivity contribution < 1.29 is 8.42 Å². The normalized spacial score (nSPS) is 11.3. The highest BCUT2D eigenvalue weighted by Gasteiger charge is 2.19. The highest BCUT2D eigenvalue weighted by atomic mass is 79.9. The topological polar surface area (TPSA) is 85.1 Å². The first-order valence-electron chi connectivity index (χ1n) is 5.81. The van der Waals surface area contributed by atoms with Gasteiger partial charge in [-0.1, -0.05) is 15.9 Å². The van der Waals surface area contributed by atoms with Crippen LogP contribution in [0.4, 0.5) is 11.4 Å². The van der Waals surface area contributed by atoms with Crippen molar-refractivity contribution in [2.75, 3.05) is 10.5 Å². The number of sulfonamides is 1. The maximum absolute atomic E-state index is 12.4. The second-order valence-electron chi connectivity index (χ2n) is 4.41. The number of hydrogen-bond donors (Lipinski definition) is 2. The van der Waals surface area contributed by atoms with Gasteiger partial charge in [-0.25, -0.2) is 8.42 Å². The lowest BCUT2D eigenvalue weighted by molar-refractivity contribution is 0.600. The summed E-state index contributed by atoms with van der Waals surface area (Å²) in [6.45, 7) is 3.50. The standard InChI is InChI=1S/C13H14BrN3O2S/c1-8-3-4-11(7-16-8)17-20(18,19)13-6-10(14)5-12(15)9(13)2/h3-7,17H,15H2,1-2H3. The first-order valence-corrected chi connectivity index (χ1v) is 8.08. The van der Waals surface area contributed by atoms with Gasteiger partial charge in [0.15, 0.2) is 0 Å². The molecule has 0 fully saturated rings. The van der Waals surface area contributed by atoms with E-state index in [9.17, 15) is 8.42 Å². The first-order chi connectivity index (χ1) is 9.29. The molecular formula is C13H14BrN3O2S. The Bertz CT molecular complexity index is 743. The summed E-state index contributed by atoms with van der Waals surface area (Å²) < 4.78 is 27.9. The fourth-order valence-electron chi connectivity index (χ4n) is 1.69. The van der Waals surface area contributed by atoms with Crippen molar-refractivity contribution in [3.05, 3.63) is 46.2 Å². The average molecular weight is 356 g/mol. The van der Waals surface area contributed by atoms with Crippen LogP contribution in [0.25, 0.3) is 0 Å². The van der Waals surface area contributed by atoms with Crippen molar-refractivity contribution in [1.29, 1.82) is 0 Å². The van der Waals surface area contributed by atoms with Gasteiger partial charge in [-0.3, -0.25) is 9.71 Å². The van der Waals surface area contributed by atoms with E-state index in [4.69, 9.17) is 5.73 Å². The second-order valence-corrected chi connectivity index (χ2v) is 6.98. The zero-order valence-corrected chi connectivity index (χ0v) is 13.4. The van der Waals surface area contributed by atoms with Crippen molar-refractivity contribution >= 4 is 37.3 Å². The lowest BCUT2D eigenvalue weighted by Gasteiger charge is -2.12. The van der Waals surface area contributed by atoms with Crippen molar-refractivity contribution in [3.8, 4) is 0 Å². The summed E-state index contributed by atoms with van der Waals surface area (Å²) in [5, 5.41) is 0. The molecule has 5 nitrogen and oxygen atoms in total. The lowest BCUT2D eigenvalue weighted by atomic mass is 10.2. The fraction of sp³-hybridized carbons (Fsp3) is 0.154. The van der Waals surface area contributed by atoms with Gasteiger partial charge >= 0.3 is 0 Å². The first kappa shape index (κ1) is 14.8. The molecule has 0 aliphatic heterocycles. The number of nitrogens with two attached hydrogens (primary N) is 1. The van der Waals surface area contributed by atoms with Gasteiger partial charge in [0, 0.05) is 15.9 Å². The molecule has 106 valence electrons. The summed E-state index contributed by atoms with van der Waals surface area (Å²) in [7, 11) is -3.70. The summed E-state index contributed by atoms with van der Waals surface area (Å²) in [4.78, 5) is 4.20. The summed E-state index contributed by atoms with van der Waals surface area (Å²) in [6.07, 6.45) is 1.48. The van der Waals surface area contributed by atoms with Gasteiger partial charge in [-0.15, -0.1) is 0 Å². The molecule has 2 rings (SSSR count). The molecule has 0 radical (unpaired) electrons. The van der Waals surface area contributed by atoms with Crippen molar-refractivity contribution in [2.24, 2.45) is 0 Å². The van der Waals surface area contributed by atoms with E-state index in [0.29, 0.717) is 21.4 Å². The van der Waals surface area contributed by atoms with E-state index < -0.39 is 10.0 Å². The quantitative estimate of drug-likeness (QED) is 0.829. The Hall–Kier alpha value is -1.60. The molecule has 0 saturated carbocycles. The lowest BCUT2D eigenvalue weighted by Crippen LogP contribution is -2.15. The molecule has 0 aliphatic rings. The number of nitrogens with one attached hydrogen (secondary N) is 1. The molecule has 7 heteroatoms. The molecule has 1 aromatic carbocycles. The zero-order chi connectivity index (χ0) is 14.9. The van der Waals surface area contributed by atoms with Gasteiger partial charge < -0.3 is 5.73 Å². The van der Waals surface area contributed by atoms with Gasteiger partial charge in [0.05, 0.1) is 16.8 Å². The Morgan fingerprint density at radius 1 is 1.25 bits per heavy atom. The molecule has 2 aromatic rings. The second kappa shape index (κ2) is 5.41. The molecule has 0 amide bonds. The van der Waals surface area contributed by atoms with E-state index in [2.05, 4.69) is 25.6 Å². The predicted molar refractivity (Wildman–Crippen MR) is 83.1 cm³/mol. The van der Waals surface area contributed by atoms with Crippen LogP contribution in [0.3, 0.4) is 0 Å². The molecule has 1 aromatic heterocycles. The summed E-state index contributed by atoms with van der Waals surface area (Å²) in [6, 6.07) is 6.59. The predicted octanol–water partition coefficient (Wildman–Crippen LogP) is 2.84. The van der Waals surface area contributed by atoms with Crippen LogP contribution < -0.4 is 10.5 Å². The third-order valence-electron chi connectivity index (χ3n) is 2.82. The number of anilines is 2. The molecular weight excluding hydrogens is 342 g/mol. The monoisotopic (exact) mass is 355 g/mol. The fourth-order valence-corrected chi connectivity index (χ4v) is 3.66. The van der Waals surface area contributed by atoms with E-state index in [1.165, 1.54) is 12.3 Å². The highest BCUT2D eigenvalue weighted by Crippen LogP contribution is 2.27. The van der Waals surface area contributed by atoms with Crippen molar-refractivity contribution in [1.82, 2.24) is 4.98 Å². The van der Waals surface area contributed by atoms with Crippen molar-refractivity contribution in [2.45, 2.75) is 18.7 Å². The van der Waals surface area contributed by atoms with Crippen LogP contribution in [0, 0.1) is 13.8 Å². The minimum Gasteiger partial charge on any atom is -0.398 e. The van der Waals surface area contributed by atoms with E-state index in [1.807, 2.05) is 6.92 Å². The Labute approximate surface area is 126 Å². The minimum absolute atomic E-state index is 0.143. The molecule has 0 spiro atoms. The minimum atomic E-state index is -3.70. The molecule has 0 aliphatic carbocycles. The van der Waals surface area contributed by atoms with E-state index in [1.54, 1.807) is 25.1 Å². The number of benzene rings is 1. The van der Waals surface area contributed by atoms with Gasteiger partial charge in [0.25, 0.3) is 10.0 Å². The number of halogens is 1. The van der Waals surface area contributed by atoms with Crippen LogP contribution in [-0.2, 0) is 10.0 Å². The molecule has 0 unspecified atom stereocenters. The third-order valence-corrected chi connectivity index (χ3v) is 4.78. The van der Waals surface area contributed by atoms with E-state index >= 15 is 0 Å². The molecule has 0 saturated heterocycles. The number of pyridine rings is 1. The smallest absolute Gasteiger partial charge is 0.262 e.